The third-order valence-electron chi connectivity index (χ3n) is 10.3. The number of carboxylic acid groups (broad SMARTS) is 1. The zero-order chi connectivity index (χ0) is 42.6. The van der Waals surface area contributed by atoms with Gasteiger partial charge in [-0.15, -0.1) is 0 Å². The fourth-order valence-electron chi connectivity index (χ4n) is 6.50. The van der Waals surface area contributed by atoms with Crippen molar-refractivity contribution < 1.29 is 19.5 Å². The first-order valence-corrected chi connectivity index (χ1v) is 21.7. The highest BCUT2D eigenvalue weighted by Gasteiger charge is 2.27. The summed E-state index contributed by atoms with van der Waals surface area (Å²) in [4.78, 5) is 52.5. The molecule has 0 unspecified atom stereocenters. The number of carboxylic acids is 1. The molecule has 0 bridgehead atoms. The molecule has 3 aliphatic rings. The first-order valence-electron chi connectivity index (χ1n) is 20.1. The van der Waals surface area contributed by atoms with E-state index in [2.05, 4.69) is 69.2 Å². The highest BCUT2D eigenvalue weighted by molar-refractivity contribution is 9.10. The molecule has 13 nitrogen and oxygen atoms in total. The zero-order valence-corrected chi connectivity index (χ0v) is 36.5. The number of benzene rings is 1. The van der Waals surface area contributed by atoms with Crippen molar-refractivity contribution in [1.29, 1.82) is 0 Å². The Morgan fingerprint density at radius 2 is 1.25 bits per heavy atom. The van der Waals surface area contributed by atoms with Crippen molar-refractivity contribution in [3.63, 3.8) is 0 Å². The minimum atomic E-state index is -0.981. The SMILES string of the molecule is Cc1cccc(-c2ccccc2-c2ccc3ncc(C(=O)NC4CC4)n3c2)n1.NC1CC1.O=C(CC1CC1)c1cnc2ccc(Br)cn12.O=C(O)c1cnc2ccc(Br)cn12. The molecule has 7 heterocycles. The van der Waals surface area contributed by atoms with Gasteiger partial charge in [0.2, 0.25) is 0 Å². The number of rotatable bonds is 8. The van der Waals surface area contributed by atoms with Crippen molar-refractivity contribution in [2.75, 3.05) is 0 Å². The fourth-order valence-corrected chi connectivity index (χ4v) is 7.18. The van der Waals surface area contributed by atoms with Gasteiger partial charge in [0.25, 0.3) is 5.91 Å². The van der Waals surface area contributed by atoms with E-state index in [1.54, 1.807) is 24.7 Å². The number of hydrogen-bond acceptors (Lipinski definition) is 8. The second-order valence-electron chi connectivity index (χ2n) is 15.4. The highest BCUT2D eigenvalue weighted by Crippen LogP contribution is 2.34. The summed E-state index contributed by atoms with van der Waals surface area (Å²) in [6, 6.07) is 26.5. The molecule has 7 aromatic heterocycles. The Bertz CT molecular complexity index is 2890. The molecule has 8 aromatic rings. The summed E-state index contributed by atoms with van der Waals surface area (Å²) in [5, 5.41) is 11.8. The quantitative estimate of drug-likeness (QED) is 0.126. The molecule has 1 aromatic carbocycles. The highest BCUT2D eigenvalue weighted by atomic mass is 79.9. The lowest BCUT2D eigenvalue weighted by molar-refractivity contribution is 0.0688. The van der Waals surface area contributed by atoms with Crippen molar-refractivity contribution in [3.8, 4) is 22.4 Å². The topological polar surface area (TPSA) is 174 Å². The summed E-state index contributed by atoms with van der Waals surface area (Å²) in [5.41, 5.74) is 13.9. The van der Waals surface area contributed by atoms with Crippen molar-refractivity contribution in [1.82, 2.24) is 38.5 Å². The van der Waals surface area contributed by atoms with Crippen molar-refractivity contribution >= 4 is 66.5 Å². The molecule has 0 radical (unpaired) electrons. The Hall–Kier alpha value is -6.03. The van der Waals surface area contributed by atoms with E-state index in [1.807, 2.05) is 88.8 Å². The zero-order valence-electron chi connectivity index (χ0n) is 33.3. The van der Waals surface area contributed by atoms with Crippen LogP contribution in [0.15, 0.2) is 125 Å². The molecule has 15 heteroatoms. The number of nitrogens with one attached hydrogen (secondary N) is 1. The number of halogens is 2. The molecule has 0 atom stereocenters. The minimum Gasteiger partial charge on any atom is -0.477 e. The average molecular weight is 946 g/mol. The van der Waals surface area contributed by atoms with Gasteiger partial charge in [0.1, 0.15) is 28.3 Å². The molecule has 61 heavy (non-hydrogen) atoms. The number of fused-ring (bicyclic) bond motifs is 3. The number of amides is 1. The van der Waals surface area contributed by atoms with Crippen LogP contribution in [-0.2, 0) is 0 Å². The summed E-state index contributed by atoms with van der Waals surface area (Å²) in [6.45, 7) is 1.99. The van der Waals surface area contributed by atoms with Crippen LogP contribution in [0.3, 0.4) is 0 Å². The number of ketones is 1. The van der Waals surface area contributed by atoms with Crippen LogP contribution in [0.5, 0.6) is 0 Å². The monoisotopic (exact) mass is 943 g/mol. The van der Waals surface area contributed by atoms with Gasteiger partial charge < -0.3 is 16.2 Å². The molecule has 310 valence electrons. The van der Waals surface area contributed by atoms with Gasteiger partial charge >= 0.3 is 5.97 Å². The number of pyridine rings is 4. The fraction of sp³-hybridized carbons (Fsp3) is 0.239. The summed E-state index contributed by atoms with van der Waals surface area (Å²) in [7, 11) is 0. The maximum Gasteiger partial charge on any atom is 0.354 e. The van der Waals surface area contributed by atoms with Crippen molar-refractivity contribution in [2.24, 2.45) is 11.7 Å². The van der Waals surface area contributed by atoms with Gasteiger partial charge in [-0.1, -0.05) is 30.3 Å². The molecule has 3 fully saturated rings. The molecule has 4 N–H and O–H groups in total. The predicted molar refractivity (Wildman–Crippen MR) is 241 cm³/mol. The Labute approximate surface area is 368 Å². The van der Waals surface area contributed by atoms with Gasteiger partial charge in [-0.3, -0.25) is 27.8 Å². The minimum absolute atomic E-state index is 0.0687. The van der Waals surface area contributed by atoms with Crippen LogP contribution in [0.4, 0.5) is 0 Å². The Morgan fingerprint density at radius 1 is 0.689 bits per heavy atom. The van der Waals surface area contributed by atoms with Gasteiger partial charge in [0.15, 0.2) is 11.5 Å². The van der Waals surface area contributed by atoms with Gasteiger partial charge in [-0.2, -0.15) is 0 Å². The number of nitrogens with two attached hydrogens (primary N) is 1. The van der Waals surface area contributed by atoms with Crippen LogP contribution in [0, 0.1) is 12.8 Å². The number of nitrogens with zero attached hydrogens (tertiary/aromatic N) is 7. The van der Waals surface area contributed by atoms with Gasteiger partial charge in [0.05, 0.1) is 24.3 Å². The number of imidazole rings is 3. The van der Waals surface area contributed by atoms with Crippen LogP contribution in [0.25, 0.3) is 39.3 Å². The first-order chi connectivity index (χ1) is 29.5. The van der Waals surface area contributed by atoms with E-state index in [1.165, 1.54) is 36.3 Å². The number of aryl methyl sites for hydroxylation is 1. The molecular formula is C46H43Br2N9O4. The van der Waals surface area contributed by atoms with E-state index in [0.717, 1.165) is 61.2 Å². The third-order valence-corrected chi connectivity index (χ3v) is 11.2. The second-order valence-corrected chi connectivity index (χ2v) is 17.2. The summed E-state index contributed by atoms with van der Waals surface area (Å²) in [5.74, 6) is -0.232. The van der Waals surface area contributed by atoms with Gasteiger partial charge in [-0.05, 0) is 143 Å². The maximum atomic E-state index is 12.6. The van der Waals surface area contributed by atoms with E-state index in [0.29, 0.717) is 41.5 Å². The van der Waals surface area contributed by atoms with Crippen molar-refractivity contribution in [3.05, 3.63) is 148 Å². The standard InChI is InChI=1S/C23H20N4O.C12H11BrN2O.C8H5BrN2O2.C3H7N/c1-15-5-4-8-20(25-15)19-7-3-2-6-18(19)16-9-12-22-24-13-21(27(22)14-16)23(28)26-17-10-11-17;13-9-3-4-12-14-6-10(15(12)7-9)11(16)5-8-1-2-8;9-5-1-2-7-10-3-6(8(12)13)11(7)4-5;4-3-1-2-3/h2-9,12-14,17H,10-11H2,1H3,(H,26,28);3-4,6-8H,1-2,5H2;1-4H,(H,12,13);3H,1-2,4H2. The third kappa shape index (κ3) is 10.5. The first kappa shape index (κ1) is 41.7. The lowest BCUT2D eigenvalue weighted by Crippen LogP contribution is -2.26. The lowest BCUT2D eigenvalue weighted by Gasteiger charge is -2.11. The number of aromatic carboxylic acids is 1. The van der Waals surface area contributed by atoms with Crippen molar-refractivity contribution in [2.45, 2.75) is 64.0 Å². The van der Waals surface area contributed by atoms with Crippen LogP contribution >= 0.6 is 31.9 Å². The second kappa shape index (κ2) is 18.3. The Balaban J connectivity index is 0.000000131. The molecule has 3 aliphatic carbocycles. The lowest BCUT2D eigenvalue weighted by atomic mass is 9.98. The molecule has 0 spiro atoms. The number of carbonyl (C=O) groups is 3. The molecule has 11 rings (SSSR count). The van der Waals surface area contributed by atoms with Crippen LogP contribution < -0.4 is 11.1 Å². The largest absolute Gasteiger partial charge is 0.477 e. The van der Waals surface area contributed by atoms with E-state index in [9.17, 15) is 14.4 Å². The normalized spacial score (nSPS) is 14.3. The summed E-state index contributed by atoms with van der Waals surface area (Å²) < 4.78 is 7.02. The van der Waals surface area contributed by atoms with E-state index in [4.69, 9.17) is 10.8 Å². The molecule has 3 saturated carbocycles. The summed E-state index contributed by atoms with van der Waals surface area (Å²) in [6.07, 6.45) is 17.9. The maximum absolute atomic E-state index is 12.6. The number of hydrogen-bond donors (Lipinski definition) is 3. The average Bonchev–Trinajstić information content (AvgIpc) is 4.23. The molecule has 1 amide bonds. The van der Waals surface area contributed by atoms with E-state index >= 15 is 0 Å². The molecule has 0 saturated heterocycles. The van der Waals surface area contributed by atoms with Crippen LogP contribution in [0.1, 0.15) is 82.1 Å². The van der Waals surface area contributed by atoms with Crippen LogP contribution in [-0.4, -0.2) is 68.0 Å². The smallest absolute Gasteiger partial charge is 0.354 e. The number of carbonyl (C=O) groups excluding carboxylic acids is 2. The molecular weight excluding hydrogens is 902 g/mol. The van der Waals surface area contributed by atoms with E-state index in [-0.39, 0.29) is 17.4 Å². The number of aromatic nitrogens is 7. The summed E-state index contributed by atoms with van der Waals surface area (Å²) >= 11 is 6.66. The van der Waals surface area contributed by atoms with Gasteiger partial charge in [-0.25, -0.2) is 19.7 Å². The molecule has 0 aliphatic heterocycles. The van der Waals surface area contributed by atoms with Gasteiger partial charge in [0, 0.05) is 57.3 Å². The van der Waals surface area contributed by atoms with E-state index < -0.39 is 5.97 Å². The number of Topliss-reactive ketones (excluding diaryl/α,β-unsaturated/α-hetero) is 1. The Morgan fingerprint density at radius 3 is 1.82 bits per heavy atom. The Kier molecular flexibility index (Phi) is 12.5. The predicted octanol–water partition coefficient (Wildman–Crippen LogP) is 9.25. The van der Waals surface area contributed by atoms with Crippen LogP contribution in [0.2, 0.25) is 0 Å².